The Hall–Kier alpha value is -2.99. The summed E-state index contributed by atoms with van der Waals surface area (Å²) in [5.74, 6) is -1.05. The van der Waals surface area contributed by atoms with Crippen molar-refractivity contribution in [3.8, 4) is 0 Å². The van der Waals surface area contributed by atoms with Crippen LogP contribution >= 0.6 is 0 Å². The molecule has 4 rings (SSSR count). The zero-order valence-electron chi connectivity index (χ0n) is 16.0. The van der Waals surface area contributed by atoms with Crippen LogP contribution in [0.2, 0.25) is 0 Å². The molecule has 2 aliphatic heterocycles. The van der Waals surface area contributed by atoms with Crippen molar-refractivity contribution in [2.45, 2.75) is 32.8 Å². The summed E-state index contributed by atoms with van der Waals surface area (Å²) in [4.78, 5) is 39.3. The smallest absolute Gasteiger partial charge is 0.266 e. The molecule has 1 N–H and O–H groups in total. The van der Waals surface area contributed by atoms with Crippen molar-refractivity contribution < 1.29 is 19.1 Å². The van der Waals surface area contributed by atoms with Gasteiger partial charge in [-0.05, 0) is 68.1 Å². The Kier molecular flexibility index (Phi) is 4.73. The van der Waals surface area contributed by atoms with Gasteiger partial charge in [0.2, 0.25) is 0 Å². The van der Waals surface area contributed by atoms with Gasteiger partial charge in [-0.15, -0.1) is 0 Å². The first-order valence-electron chi connectivity index (χ1n) is 9.45. The molecule has 0 bridgehead atoms. The normalized spacial score (nSPS) is 18.5. The topological polar surface area (TPSA) is 75.7 Å². The van der Waals surface area contributed by atoms with E-state index in [0.717, 1.165) is 30.6 Å². The Bertz CT molecular complexity index is 976. The van der Waals surface area contributed by atoms with Crippen LogP contribution in [0.1, 0.15) is 55.0 Å². The molecule has 6 heteroatoms. The van der Waals surface area contributed by atoms with Crippen LogP contribution in [-0.2, 0) is 4.74 Å². The van der Waals surface area contributed by atoms with E-state index in [-0.39, 0.29) is 23.5 Å². The molecule has 1 atom stereocenters. The van der Waals surface area contributed by atoms with E-state index < -0.39 is 5.91 Å². The second-order valence-corrected chi connectivity index (χ2v) is 7.32. The molecular weight excluding hydrogens is 356 g/mol. The minimum Gasteiger partial charge on any atom is -0.376 e. The second kappa shape index (κ2) is 7.20. The number of benzene rings is 2. The van der Waals surface area contributed by atoms with Crippen LogP contribution in [0.15, 0.2) is 36.4 Å². The van der Waals surface area contributed by atoms with Gasteiger partial charge in [0.05, 0.1) is 22.9 Å². The lowest BCUT2D eigenvalue weighted by Crippen LogP contribution is -2.31. The maximum absolute atomic E-state index is 12.9. The number of ether oxygens (including phenoxy) is 1. The molecule has 144 valence electrons. The first-order valence-corrected chi connectivity index (χ1v) is 9.45. The molecule has 0 spiro atoms. The van der Waals surface area contributed by atoms with E-state index in [2.05, 4.69) is 5.32 Å². The number of rotatable bonds is 4. The minimum atomic E-state index is -0.406. The molecule has 3 amide bonds. The predicted octanol–water partition coefficient (Wildman–Crippen LogP) is 3.01. The fraction of sp³-hybridized carbons (Fsp3) is 0.318. The number of carbonyl (C=O) groups excluding carboxylic acids is 3. The van der Waals surface area contributed by atoms with Crippen molar-refractivity contribution in [1.82, 2.24) is 5.32 Å². The summed E-state index contributed by atoms with van der Waals surface area (Å²) in [7, 11) is 0. The summed E-state index contributed by atoms with van der Waals surface area (Å²) >= 11 is 0. The van der Waals surface area contributed by atoms with Crippen molar-refractivity contribution >= 4 is 23.4 Å². The van der Waals surface area contributed by atoms with Gasteiger partial charge >= 0.3 is 0 Å². The largest absolute Gasteiger partial charge is 0.376 e. The van der Waals surface area contributed by atoms with Crippen molar-refractivity contribution in [3.05, 3.63) is 64.2 Å². The van der Waals surface area contributed by atoms with Gasteiger partial charge in [-0.2, -0.15) is 0 Å². The molecule has 28 heavy (non-hydrogen) atoms. The number of anilines is 1. The number of nitrogens with one attached hydrogen (secondary N) is 1. The summed E-state index contributed by atoms with van der Waals surface area (Å²) in [6.07, 6.45) is 1.98. The van der Waals surface area contributed by atoms with Crippen LogP contribution in [0.4, 0.5) is 5.69 Å². The van der Waals surface area contributed by atoms with Gasteiger partial charge < -0.3 is 10.1 Å². The van der Waals surface area contributed by atoms with E-state index in [1.807, 2.05) is 26.0 Å². The molecule has 2 heterocycles. The van der Waals surface area contributed by atoms with Crippen LogP contribution in [0.5, 0.6) is 0 Å². The van der Waals surface area contributed by atoms with E-state index in [0.29, 0.717) is 23.4 Å². The molecule has 0 aliphatic carbocycles. The van der Waals surface area contributed by atoms with Crippen molar-refractivity contribution in [3.63, 3.8) is 0 Å². The molecule has 0 aromatic heterocycles. The molecule has 2 aromatic rings. The first-order chi connectivity index (χ1) is 13.5. The Balaban J connectivity index is 1.56. The maximum atomic E-state index is 12.9. The molecule has 0 radical (unpaired) electrons. The van der Waals surface area contributed by atoms with Crippen molar-refractivity contribution in [2.24, 2.45) is 0 Å². The molecule has 6 nitrogen and oxygen atoms in total. The fourth-order valence-corrected chi connectivity index (χ4v) is 3.60. The highest BCUT2D eigenvalue weighted by Crippen LogP contribution is 2.30. The van der Waals surface area contributed by atoms with E-state index in [1.54, 1.807) is 18.2 Å². The number of nitrogens with zero attached hydrogens (tertiary/aromatic N) is 1. The highest BCUT2D eigenvalue weighted by atomic mass is 16.5. The van der Waals surface area contributed by atoms with Crippen LogP contribution in [-0.4, -0.2) is 37.0 Å². The summed E-state index contributed by atoms with van der Waals surface area (Å²) in [6.45, 7) is 5.08. The minimum absolute atomic E-state index is 0.0434. The Morgan fingerprint density at radius 1 is 1.07 bits per heavy atom. The highest BCUT2D eigenvalue weighted by molar-refractivity contribution is 6.34. The third-order valence-corrected chi connectivity index (χ3v) is 5.41. The number of amides is 3. The second-order valence-electron chi connectivity index (χ2n) is 7.32. The fourth-order valence-electron chi connectivity index (χ4n) is 3.60. The molecule has 2 aromatic carbocycles. The quantitative estimate of drug-likeness (QED) is 0.830. The van der Waals surface area contributed by atoms with Gasteiger partial charge in [0.25, 0.3) is 17.7 Å². The van der Waals surface area contributed by atoms with E-state index in [9.17, 15) is 14.4 Å². The Labute approximate surface area is 163 Å². The SMILES string of the molecule is Cc1ccc(N2C(=O)c3ccc(C(=O)NC[C@@H]4CCCO4)cc3C2=O)cc1C. The summed E-state index contributed by atoms with van der Waals surface area (Å²) in [5, 5.41) is 2.84. The highest BCUT2D eigenvalue weighted by Gasteiger charge is 2.37. The molecule has 2 aliphatic rings. The monoisotopic (exact) mass is 378 g/mol. The van der Waals surface area contributed by atoms with E-state index >= 15 is 0 Å². The lowest BCUT2D eigenvalue weighted by atomic mass is 10.1. The van der Waals surface area contributed by atoms with Gasteiger partial charge in [-0.25, -0.2) is 4.90 Å². The number of fused-ring (bicyclic) bond motifs is 1. The molecule has 0 unspecified atom stereocenters. The number of hydrogen-bond acceptors (Lipinski definition) is 4. The standard InChI is InChI=1S/C22H22N2O4/c1-13-5-7-16(10-14(13)2)24-21(26)18-8-6-15(11-19(18)22(24)27)20(25)23-12-17-4-3-9-28-17/h5-8,10-11,17H,3-4,9,12H2,1-2H3,(H,23,25)/t17-/m0/s1. The number of imide groups is 1. The van der Waals surface area contributed by atoms with Gasteiger partial charge in [0, 0.05) is 18.7 Å². The molecule has 1 saturated heterocycles. The lowest BCUT2D eigenvalue weighted by molar-refractivity contribution is 0.0857. The van der Waals surface area contributed by atoms with Gasteiger partial charge in [0.1, 0.15) is 0 Å². The van der Waals surface area contributed by atoms with Gasteiger partial charge in [-0.3, -0.25) is 14.4 Å². The van der Waals surface area contributed by atoms with Gasteiger partial charge in [0.15, 0.2) is 0 Å². The van der Waals surface area contributed by atoms with E-state index in [1.165, 1.54) is 11.0 Å². The van der Waals surface area contributed by atoms with Gasteiger partial charge in [-0.1, -0.05) is 6.07 Å². The van der Waals surface area contributed by atoms with Crippen molar-refractivity contribution in [1.29, 1.82) is 0 Å². The molecular formula is C22H22N2O4. The Morgan fingerprint density at radius 2 is 1.86 bits per heavy atom. The maximum Gasteiger partial charge on any atom is 0.266 e. The third-order valence-electron chi connectivity index (χ3n) is 5.41. The third kappa shape index (κ3) is 3.20. The van der Waals surface area contributed by atoms with Crippen molar-refractivity contribution in [2.75, 3.05) is 18.1 Å². The summed E-state index contributed by atoms with van der Waals surface area (Å²) < 4.78 is 5.51. The first kappa shape index (κ1) is 18.4. The van der Waals surface area contributed by atoms with Crippen LogP contribution in [0.3, 0.4) is 0 Å². The summed E-state index contributed by atoms with van der Waals surface area (Å²) in [6, 6.07) is 10.1. The van der Waals surface area contributed by atoms with Crippen LogP contribution in [0.25, 0.3) is 0 Å². The Morgan fingerprint density at radius 3 is 2.57 bits per heavy atom. The average molecular weight is 378 g/mol. The van der Waals surface area contributed by atoms with E-state index in [4.69, 9.17) is 4.74 Å². The zero-order valence-corrected chi connectivity index (χ0v) is 16.0. The van der Waals surface area contributed by atoms with Crippen LogP contribution in [0, 0.1) is 13.8 Å². The predicted molar refractivity (Wildman–Crippen MR) is 105 cm³/mol. The number of aryl methyl sites for hydroxylation is 2. The zero-order chi connectivity index (χ0) is 19.8. The number of hydrogen-bond donors (Lipinski definition) is 1. The molecule has 1 fully saturated rings. The average Bonchev–Trinajstić information content (AvgIpc) is 3.29. The lowest BCUT2D eigenvalue weighted by Gasteiger charge is -2.15. The number of carbonyl (C=O) groups is 3. The van der Waals surface area contributed by atoms with Crippen LogP contribution < -0.4 is 10.2 Å². The molecule has 0 saturated carbocycles. The summed E-state index contributed by atoms with van der Waals surface area (Å²) in [5.41, 5.74) is 3.57.